The van der Waals surface area contributed by atoms with Crippen molar-refractivity contribution < 1.29 is 4.39 Å². The van der Waals surface area contributed by atoms with Crippen LogP contribution >= 0.6 is 0 Å². The molecule has 1 unspecified atom stereocenters. The highest BCUT2D eigenvalue weighted by atomic mass is 19.1. The van der Waals surface area contributed by atoms with Crippen molar-refractivity contribution >= 4 is 0 Å². The SMILES string of the molecule is CC(C)(C)c1ccc(C(NN)c2ccccc2F)cc1. The molecule has 3 N–H and O–H groups in total. The van der Waals surface area contributed by atoms with Crippen LogP contribution in [0.2, 0.25) is 0 Å². The zero-order chi connectivity index (χ0) is 14.8. The summed E-state index contributed by atoms with van der Waals surface area (Å²) in [6, 6.07) is 14.5. The Labute approximate surface area is 119 Å². The van der Waals surface area contributed by atoms with Gasteiger partial charge in [0.05, 0.1) is 6.04 Å². The van der Waals surface area contributed by atoms with Crippen LogP contribution in [0.1, 0.15) is 43.5 Å². The number of hydrogen-bond donors (Lipinski definition) is 2. The summed E-state index contributed by atoms with van der Waals surface area (Å²) in [6.07, 6.45) is 0. The van der Waals surface area contributed by atoms with Crippen LogP contribution in [-0.2, 0) is 5.41 Å². The summed E-state index contributed by atoms with van der Waals surface area (Å²) in [5, 5.41) is 0. The molecule has 0 heterocycles. The molecule has 0 fully saturated rings. The fourth-order valence-electron chi connectivity index (χ4n) is 2.25. The minimum Gasteiger partial charge on any atom is -0.271 e. The molecule has 0 radical (unpaired) electrons. The standard InChI is InChI=1S/C17H21FN2/c1-17(2,3)13-10-8-12(9-11-13)16(20-19)14-6-4-5-7-15(14)18/h4-11,16,20H,19H2,1-3H3. The second kappa shape index (κ2) is 5.73. The van der Waals surface area contributed by atoms with Gasteiger partial charge in [0.25, 0.3) is 0 Å². The molecule has 0 aliphatic rings. The molecule has 2 aromatic carbocycles. The van der Waals surface area contributed by atoms with Crippen molar-refractivity contribution in [3.8, 4) is 0 Å². The number of halogens is 1. The lowest BCUT2D eigenvalue weighted by molar-refractivity contribution is 0.558. The molecule has 0 aromatic heterocycles. The Morgan fingerprint density at radius 2 is 1.60 bits per heavy atom. The third-order valence-corrected chi connectivity index (χ3v) is 3.49. The summed E-state index contributed by atoms with van der Waals surface area (Å²) < 4.78 is 13.9. The first kappa shape index (κ1) is 14.7. The van der Waals surface area contributed by atoms with Gasteiger partial charge in [0.15, 0.2) is 0 Å². The number of rotatable bonds is 3. The Balaban J connectivity index is 2.36. The largest absolute Gasteiger partial charge is 0.271 e. The van der Waals surface area contributed by atoms with Gasteiger partial charge in [0, 0.05) is 5.56 Å². The highest BCUT2D eigenvalue weighted by Gasteiger charge is 2.18. The maximum atomic E-state index is 13.9. The Morgan fingerprint density at radius 3 is 2.10 bits per heavy atom. The molecule has 2 rings (SSSR count). The fraction of sp³-hybridized carbons (Fsp3) is 0.294. The average Bonchev–Trinajstić information content (AvgIpc) is 2.41. The second-order valence-corrected chi connectivity index (χ2v) is 5.99. The van der Waals surface area contributed by atoms with Gasteiger partial charge in [-0.25, -0.2) is 9.82 Å². The predicted molar refractivity (Wildman–Crippen MR) is 80.7 cm³/mol. The molecular formula is C17H21FN2. The lowest BCUT2D eigenvalue weighted by Crippen LogP contribution is -2.29. The summed E-state index contributed by atoms with van der Waals surface area (Å²) in [5.74, 6) is 5.36. The highest BCUT2D eigenvalue weighted by Crippen LogP contribution is 2.27. The summed E-state index contributed by atoms with van der Waals surface area (Å²) in [6.45, 7) is 6.49. The molecule has 2 aromatic rings. The van der Waals surface area contributed by atoms with Gasteiger partial charge in [-0.3, -0.25) is 5.84 Å². The Morgan fingerprint density at radius 1 is 1.00 bits per heavy atom. The van der Waals surface area contributed by atoms with Gasteiger partial charge in [-0.2, -0.15) is 0 Å². The molecule has 0 saturated heterocycles. The van der Waals surface area contributed by atoms with Crippen molar-refractivity contribution in [1.29, 1.82) is 0 Å². The smallest absolute Gasteiger partial charge is 0.128 e. The first-order valence-electron chi connectivity index (χ1n) is 6.74. The molecule has 0 bridgehead atoms. The molecule has 2 nitrogen and oxygen atoms in total. The van der Waals surface area contributed by atoms with Gasteiger partial charge < -0.3 is 0 Å². The van der Waals surface area contributed by atoms with Gasteiger partial charge in [0.1, 0.15) is 5.82 Å². The lowest BCUT2D eigenvalue weighted by Gasteiger charge is -2.22. The number of hydrazine groups is 1. The Kier molecular flexibility index (Phi) is 4.21. The Bertz CT molecular complexity index is 570. The number of hydrogen-bond acceptors (Lipinski definition) is 2. The minimum absolute atomic E-state index is 0.0994. The van der Waals surface area contributed by atoms with Crippen molar-refractivity contribution in [3.63, 3.8) is 0 Å². The van der Waals surface area contributed by atoms with Crippen LogP contribution in [0.5, 0.6) is 0 Å². The number of nitrogens with one attached hydrogen (secondary N) is 1. The van der Waals surface area contributed by atoms with Crippen LogP contribution in [-0.4, -0.2) is 0 Å². The fourth-order valence-corrected chi connectivity index (χ4v) is 2.25. The summed E-state index contributed by atoms with van der Waals surface area (Å²) in [7, 11) is 0. The van der Waals surface area contributed by atoms with Gasteiger partial charge in [-0.15, -0.1) is 0 Å². The van der Waals surface area contributed by atoms with Crippen molar-refractivity contribution in [2.24, 2.45) is 5.84 Å². The van der Waals surface area contributed by atoms with Crippen LogP contribution in [0.3, 0.4) is 0 Å². The molecule has 0 aliphatic heterocycles. The second-order valence-electron chi connectivity index (χ2n) is 5.99. The van der Waals surface area contributed by atoms with Gasteiger partial charge >= 0.3 is 0 Å². The molecule has 3 heteroatoms. The number of nitrogens with two attached hydrogens (primary N) is 1. The molecule has 0 saturated carbocycles. The number of benzene rings is 2. The van der Waals surface area contributed by atoms with Crippen molar-refractivity contribution in [2.75, 3.05) is 0 Å². The molecule has 0 amide bonds. The maximum absolute atomic E-state index is 13.9. The first-order chi connectivity index (χ1) is 9.43. The third kappa shape index (κ3) is 3.06. The van der Waals surface area contributed by atoms with Gasteiger partial charge in [-0.1, -0.05) is 63.2 Å². The van der Waals surface area contributed by atoms with E-state index in [0.717, 1.165) is 5.56 Å². The van der Waals surface area contributed by atoms with Crippen molar-refractivity contribution in [2.45, 2.75) is 32.2 Å². The molecule has 20 heavy (non-hydrogen) atoms. The van der Waals surface area contributed by atoms with E-state index in [2.05, 4.69) is 38.3 Å². The van der Waals surface area contributed by atoms with E-state index < -0.39 is 0 Å². The molecular weight excluding hydrogens is 251 g/mol. The minimum atomic E-state index is -0.342. The van der Waals surface area contributed by atoms with E-state index >= 15 is 0 Å². The van der Waals surface area contributed by atoms with Crippen molar-refractivity contribution in [3.05, 3.63) is 71.0 Å². The van der Waals surface area contributed by atoms with E-state index in [4.69, 9.17) is 5.84 Å². The van der Waals surface area contributed by atoms with Crippen molar-refractivity contribution in [1.82, 2.24) is 5.43 Å². The van der Waals surface area contributed by atoms with Gasteiger partial charge in [-0.05, 0) is 22.6 Å². The summed E-state index contributed by atoms with van der Waals surface area (Å²) >= 11 is 0. The summed E-state index contributed by atoms with van der Waals surface area (Å²) in [4.78, 5) is 0. The lowest BCUT2D eigenvalue weighted by atomic mass is 9.86. The van der Waals surface area contributed by atoms with Crippen LogP contribution in [0, 0.1) is 5.82 Å². The zero-order valence-corrected chi connectivity index (χ0v) is 12.2. The maximum Gasteiger partial charge on any atom is 0.128 e. The molecule has 1 atom stereocenters. The monoisotopic (exact) mass is 272 g/mol. The highest BCUT2D eigenvalue weighted by molar-refractivity contribution is 5.35. The third-order valence-electron chi connectivity index (χ3n) is 3.49. The molecule has 106 valence electrons. The van der Waals surface area contributed by atoms with Gasteiger partial charge in [0.2, 0.25) is 0 Å². The van der Waals surface area contributed by atoms with Crippen LogP contribution < -0.4 is 11.3 Å². The van der Waals surface area contributed by atoms with E-state index in [9.17, 15) is 4.39 Å². The van der Waals surface area contributed by atoms with Crippen LogP contribution in [0.15, 0.2) is 48.5 Å². The topological polar surface area (TPSA) is 38.0 Å². The molecule has 0 spiro atoms. The molecule has 0 aliphatic carbocycles. The van der Waals surface area contributed by atoms with E-state index in [-0.39, 0.29) is 17.3 Å². The zero-order valence-electron chi connectivity index (χ0n) is 12.2. The predicted octanol–water partition coefficient (Wildman–Crippen LogP) is 3.68. The normalized spacial score (nSPS) is 13.2. The average molecular weight is 272 g/mol. The van der Waals surface area contributed by atoms with E-state index in [0.29, 0.717) is 5.56 Å². The summed E-state index contributed by atoms with van der Waals surface area (Å²) in [5.41, 5.74) is 5.54. The van der Waals surface area contributed by atoms with Crippen LogP contribution in [0.4, 0.5) is 4.39 Å². The Hall–Kier alpha value is -1.71. The van der Waals surface area contributed by atoms with E-state index in [1.165, 1.54) is 11.6 Å². The quantitative estimate of drug-likeness (QED) is 0.661. The van der Waals surface area contributed by atoms with E-state index in [1.54, 1.807) is 12.1 Å². The first-order valence-corrected chi connectivity index (χ1v) is 6.74. The van der Waals surface area contributed by atoms with E-state index in [1.807, 2.05) is 18.2 Å². The van der Waals surface area contributed by atoms with Crippen LogP contribution in [0.25, 0.3) is 0 Å².